The third-order valence-electron chi connectivity index (χ3n) is 5.41. The maximum absolute atomic E-state index is 12.9. The van der Waals surface area contributed by atoms with Crippen molar-refractivity contribution >= 4 is 33.4 Å². The van der Waals surface area contributed by atoms with Gasteiger partial charge in [0.15, 0.2) is 0 Å². The minimum atomic E-state index is -3.68. The summed E-state index contributed by atoms with van der Waals surface area (Å²) in [5, 5.41) is 0.597. The van der Waals surface area contributed by atoms with Gasteiger partial charge in [0.2, 0.25) is 15.9 Å². The summed E-state index contributed by atoms with van der Waals surface area (Å²) >= 11 is 6.22. The second-order valence-corrected chi connectivity index (χ2v) is 9.69. The van der Waals surface area contributed by atoms with Crippen LogP contribution in [0.3, 0.4) is 0 Å². The van der Waals surface area contributed by atoms with Gasteiger partial charge in [0.1, 0.15) is 0 Å². The Morgan fingerprint density at radius 2 is 1.61 bits per heavy atom. The number of benzene rings is 2. The summed E-state index contributed by atoms with van der Waals surface area (Å²) in [6, 6.07) is 13.4. The molecule has 0 radical (unpaired) electrons. The molecule has 2 amide bonds. The van der Waals surface area contributed by atoms with Crippen LogP contribution in [-0.2, 0) is 21.4 Å². The molecule has 0 saturated carbocycles. The molecule has 0 unspecified atom stereocenters. The van der Waals surface area contributed by atoms with E-state index >= 15 is 0 Å². The first-order valence-corrected chi connectivity index (χ1v) is 11.9. The predicted octanol–water partition coefficient (Wildman–Crippen LogP) is 2.86. The van der Waals surface area contributed by atoms with Crippen LogP contribution < -0.4 is 0 Å². The van der Waals surface area contributed by atoms with Gasteiger partial charge in [-0.15, -0.1) is 0 Å². The Hall–Kier alpha value is -2.42. The van der Waals surface area contributed by atoms with Crippen LogP contribution in [0.5, 0.6) is 0 Å². The lowest BCUT2D eigenvalue weighted by molar-refractivity contribution is -0.129. The van der Waals surface area contributed by atoms with Gasteiger partial charge in [-0.25, -0.2) is 8.42 Å². The van der Waals surface area contributed by atoms with Crippen molar-refractivity contribution in [2.75, 3.05) is 32.7 Å². The molecule has 2 aromatic carbocycles. The van der Waals surface area contributed by atoms with Gasteiger partial charge in [0.25, 0.3) is 5.91 Å². The monoisotopic (exact) mass is 463 g/mol. The summed E-state index contributed by atoms with van der Waals surface area (Å²) in [5.74, 6) is -0.251. The second kappa shape index (κ2) is 9.80. The smallest absolute Gasteiger partial charge is 0.254 e. The summed E-state index contributed by atoms with van der Waals surface area (Å²) in [6.07, 6.45) is 0. The number of nitrogens with zero attached hydrogens (tertiary/aromatic N) is 3. The van der Waals surface area contributed by atoms with E-state index in [1.165, 1.54) is 35.5 Å². The van der Waals surface area contributed by atoms with E-state index in [0.29, 0.717) is 36.8 Å². The molecular formula is C22H26ClN3O4S. The number of hydrogen-bond acceptors (Lipinski definition) is 4. The van der Waals surface area contributed by atoms with Crippen LogP contribution in [0.2, 0.25) is 5.02 Å². The van der Waals surface area contributed by atoms with Gasteiger partial charge >= 0.3 is 0 Å². The number of rotatable bonds is 6. The fourth-order valence-electron chi connectivity index (χ4n) is 3.50. The third-order valence-corrected chi connectivity index (χ3v) is 7.69. The Morgan fingerprint density at radius 3 is 2.16 bits per heavy atom. The summed E-state index contributed by atoms with van der Waals surface area (Å²) in [7, 11) is -3.68. The molecule has 1 aliphatic heterocycles. The van der Waals surface area contributed by atoms with Crippen LogP contribution in [0, 0.1) is 0 Å². The van der Waals surface area contributed by atoms with Crippen LogP contribution in [0.15, 0.2) is 53.4 Å². The average Bonchev–Trinajstić information content (AvgIpc) is 2.78. The molecule has 3 rings (SSSR count). The lowest BCUT2D eigenvalue weighted by Crippen LogP contribution is -2.49. The van der Waals surface area contributed by atoms with E-state index in [2.05, 4.69) is 0 Å². The molecule has 0 spiro atoms. The lowest BCUT2D eigenvalue weighted by atomic mass is 10.1. The number of carbonyl (C=O) groups excluding carboxylic acids is 2. The molecule has 0 atom stereocenters. The molecule has 2 aromatic rings. The molecule has 1 aliphatic rings. The molecule has 7 nitrogen and oxygen atoms in total. The van der Waals surface area contributed by atoms with E-state index in [4.69, 9.17) is 11.6 Å². The van der Waals surface area contributed by atoms with Crippen molar-refractivity contribution in [3.63, 3.8) is 0 Å². The molecular weight excluding hydrogens is 438 g/mol. The normalized spacial score (nSPS) is 15.0. The van der Waals surface area contributed by atoms with E-state index in [-0.39, 0.29) is 29.8 Å². The zero-order valence-corrected chi connectivity index (χ0v) is 19.2. The van der Waals surface area contributed by atoms with E-state index in [9.17, 15) is 18.0 Å². The van der Waals surface area contributed by atoms with Crippen molar-refractivity contribution in [2.45, 2.75) is 25.3 Å². The molecule has 1 fully saturated rings. The maximum Gasteiger partial charge on any atom is 0.254 e. The third kappa shape index (κ3) is 5.26. The first-order valence-electron chi connectivity index (χ1n) is 10.1. The number of hydrogen-bond donors (Lipinski definition) is 0. The van der Waals surface area contributed by atoms with Crippen molar-refractivity contribution in [3.8, 4) is 0 Å². The minimum absolute atomic E-state index is 0.0582. The van der Waals surface area contributed by atoms with Gasteiger partial charge in [-0.3, -0.25) is 9.59 Å². The SMILES string of the molecule is CCN(Cc1ccccc1Cl)C(=O)c1ccc(S(=O)(=O)N2CCN(C(C)=O)CC2)cc1. The van der Waals surface area contributed by atoms with E-state index in [1.54, 1.807) is 15.9 Å². The topological polar surface area (TPSA) is 78.0 Å². The highest BCUT2D eigenvalue weighted by molar-refractivity contribution is 7.89. The summed E-state index contributed by atoms with van der Waals surface area (Å²) in [6.45, 7) is 5.48. The molecule has 31 heavy (non-hydrogen) atoms. The number of piperazine rings is 1. The van der Waals surface area contributed by atoms with Crippen molar-refractivity contribution in [1.82, 2.24) is 14.1 Å². The molecule has 1 saturated heterocycles. The van der Waals surface area contributed by atoms with Crippen molar-refractivity contribution < 1.29 is 18.0 Å². The Morgan fingerprint density at radius 1 is 1.00 bits per heavy atom. The van der Waals surface area contributed by atoms with Gasteiger partial charge in [-0.2, -0.15) is 4.31 Å². The van der Waals surface area contributed by atoms with Crippen LogP contribution in [-0.4, -0.2) is 67.1 Å². The second-order valence-electron chi connectivity index (χ2n) is 7.35. The number of carbonyl (C=O) groups is 2. The zero-order chi connectivity index (χ0) is 22.6. The fourth-order valence-corrected chi connectivity index (χ4v) is 5.12. The Balaban J connectivity index is 1.72. The largest absolute Gasteiger partial charge is 0.340 e. The van der Waals surface area contributed by atoms with E-state index in [1.807, 2.05) is 25.1 Å². The van der Waals surface area contributed by atoms with Gasteiger partial charge in [-0.1, -0.05) is 29.8 Å². The summed E-state index contributed by atoms with van der Waals surface area (Å²) in [4.78, 5) is 27.8. The van der Waals surface area contributed by atoms with Gasteiger partial charge in [0, 0.05) is 56.8 Å². The van der Waals surface area contributed by atoms with Crippen molar-refractivity contribution in [1.29, 1.82) is 0 Å². The lowest BCUT2D eigenvalue weighted by Gasteiger charge is -2.33. The highest BCUT2D eigenvalue weighted by atomic mass is 35.5. The Bertz CT molecular complexity index is 1050. The molecule has 0 aromatic heterocycles. The van der Waals surface area contributed by atoms with Gasteiger partial charge < -0.3 is 9.80 Å². The van der Waals surface area contributed by atoms with Crippen LogP contribution in [0.25, 0.3) is 0 Å². The number of sulfonamides is 1. The molecule has 0 bridgehead atoms. The van der Waals surface area contributed by atoms with Crippen LogP contribution in [0.4, 0.5) is 0 Å². The average molecular weight is 464 g/mol. The molecule has 9 heteroatoms. The highest BCUT2D eigenvalue weighted by Crippen LogP contribution is 2.21. The Kier molecular flexibility index (Phi) is 7.35. The van der Waals surface area contributed by atoms with E-state index in [0.717, 1.165) is 5.56 Å². The quantitative estimate of drug-likeness (QED) is 0.660. The minimum Gasteiger partial charge on any atom is -0.340 e. The standard InChI is InChI=1S/C22H26ClN3O4S/c1-3-24(16-19-6-4-5-7-21(19)23)22(28)18-8-10-20(11-9-18)31(29,30)26-14-12-25(13-15-26)17(2)27/h4-11H,3,12-16H2,1-2H3. The first-order chi connectivity index (χ1) is 14.7. The number of halogens is 1. The van der Waals surface area contributed by atoms with Gasteiger partial charge in [0.05, 0.1) is 4.90 Å². The van der Waals surface area contributed by atoms with Crippen LogP contribution >= 0.6 is 11.6 Å². The summed E-state index contributed by atoms with van der Waals surface area (Å²) in [5.41, 5.74) is 1.26. The van der Waals surface area contributed by atoms with E-state index < -0.39 is 10.0 Å². The van der Waals surface area contributed by atoms with Crippen molar-refractivity contribution in [2.24, 2.45) is 0 Å². The summed E-state index contributed by atoms with van der Waals surface area (Å²) < 4.78 is 27.2. The fraction of sp³-hybridized carbons (Fsp3) is 0.364. The van der Waals surface area contributed by atoms with Crippen LogP contribution in [0.1, 0.15) is 29.8 Å². The van der Waals surface area contributed by atoms with Gasteiger partial charge in [-0.05, 0) is 42.8 Å². The molecule has 0 aliphatic carbocycles. The first kappa shape index (κ1) is 23.2. The molecule has 0 N–H and O–H groups in total. The maximum atomic E-state index is 12.9. The number of amides is 2. The molecule has 1 heterocycles. The molecule has 166 valence electrons. The Labute approximate surface area is 188 Å². The van der Waals surface area contributed by atoms with Crippen molar-refractivity contribution in [3.05, 3.63) is 64.7 Å². The predicted molar refractivity (Wildman–Crippen MR) is 119 cm³/mol. The zero-order valence-electron chi connectivity index (χ0n) is 17.6. The highest BCUT2D eigenvalue weighted by Gasteiger charge is 2.29.